The van der Waals surface area contributed by atoms with E-state index in [0.717, 1.165) is 30.5 Å². The van der Waals surface area contributed by atoms with E-state index in [-0.39, 0.29) is 23.7 Å². The minimum absolute atomic E-state index is 0.0445. The molecule has 2 aromatic rings. The van der Waals surface area contributed by atoms with Crippen LogP contribution in [-0.4, -0.2) is 34.9 Å². The zero-order valence-corrected chi connectivity index (χ0v) is 14.4. The second kappa shape index (κ2) is 4.97. The fraction of sp³-hybridized carbons (Fsp3) is 0.400. The quantitative estimate of drug-likeness (QED) is 0.792. The highest BCUT2D eigenvalue weighted by molar-refractivity contribution is 5.96. The zero-order valence-electron chi connectivity index (χ0n) is 14.4. The van der Waals surface area contributed by atoms with Crippen LogP contribution in [0.4, 0.5) is 0 Å². The SMILES string of the molecule is COC(=O)[C@@H]1[C@H]2C[C@H]3c4c(c5ccccc5n41)CCN3C=C2C(C)=O. The van der Waals surface area contributed by atoms with Crippen LogP contribution >= 0.6 is 0 Å². The number of fused-ring (bicyclic) bond motifs is 4. The Morgan fingerprint density at radius 1 is 1.24 bits per heavy atom. The molecule has 1 aromatic carbocycles. The second-order valence-electron chi connectivity index (χ2n) is 7.21. The van der Waals surface area contributed by atoms with E-state index in [1.165, 1.54) is 23.8 Å². The number of ketones is 1. The molecule has 3 aliphatic heterocycles. The van der Waals surface area contributed by atoms with E-state index in [0.29, 0.717) is 0 Å². The molecule has 25 heavy (non-hydrogen) atoms. The second-order valence-corrected chi connectivity index (χ2v) is 7.21. The molecule has 1 aromatic heterocycles. The third-order valence-electron chi connectivity index (χ3n) is 6.08. The van der Waals surface area contributed by atoms with Crippen molar-refractivity contribution in [2.45, 2.75) is 31.8 Å². The van der Waals surface area contributed by atoms with Crippen molar-refractivity contribution in [3.8, 4) is 0 Å². The van der Waals surface area contributed by atoms with Crippen molar-refractivity contribution in [1.82, 2.24) is 9.47 Å². The summed E-state index contributed by atoms with van der Waals surface area (Å²) in [5.41, 5.74) is 4.41. The molecule has 0 fully saturated rings. The fourth-order valence-electron chi connectivity index (χ4n) is 5.09. The Balaban J connectivity index is 1.86. The average molecular weight is 336 g/mol. The van der Waals surface area contributed by atoms with Gasteiger partial charge in [0.15, 0.2) is 5.78 Å². The third kappa shape index (κ3) is 1.78. The van der Waals surface area contributed by atoms with Gasteiger partial charge in [-0.1, -0.05) is 18.2 Å². The Hall–Kier alpha value is -2.56. The molecular formula is C20H20N2O3. The van der Waals surface area contributed by atoms with Crippen molar-refractivity contribution in [2.24, 2.45) is 5.92 Å². The van der Waals surface area contributed by atoms with E-state index in [2.05, 4.69) is 27.7 Å². The number of aromatic nitrogens is 1. The number of benzene rings is 1. The molecule has 3 atom stereocenters. The largest absolute Gasteiger partial charge is 0.467 e. The molecule has 128 valence electrons. The van der Waals surface area contributed by atoms with Gasteiger partial charge >= 0.3 is 5.97 Å². The van der Waals surface area contributed by atoms with Gasteiger partial charge in [-0.3, -0.25) is 4.79 Å². The molecule has 2 bridgehead atoms. The zero-order chi connectivity index (χ0) is 17.3. The van der Waals surface area contributed by atoms with E-state index in [1.807, 2.05) is 12.3 Å². The first-order valence-corrected chi connectivity index (χ1v) is 8.79. The summed E-state index contributed by atoms with van der Waals surface area (Å²) in [6.45, 7) is 2.51. The predicted octanol–water partition coefficient (Wildman–Crippen LogP) is 2.76. The van der Waals surface area contributed by atoms with Gasteiger partial charge in [-0.15, -0.1) is 0 Å². The molecule has 0 aliphatic carbocycles. The van der Waals surface area contributed by atoms with Gasteiger partial charge in [-0.05, 0) is 31.4 Å². The van der Waals surface area contributed by atoms with Gasteiger partial charge < -0.3 is 14.2 Å². The summed E-state index contributed by atoms with van der Waals surface area (Å²) in [5, 5.41) is 1.22. The van der Waals surface area contributed by atoms with Crippen LogP contribution in [0, 0.1) is 5.92 Å². The van der Waals surface area contributed by atoms with Gasteiger partial charge in [0.25, 0.3) is 0 Å². The molecule has 0 N–H and O–H groups in total. The Labute approximate surface area is 145 Å². The van der Waals surface area contributed by atoms with Gasteiger partial charge in [-0.2, -0.15) is 0 Å². The van der Waals surface area contributed by atoms with Crippen molar-refractivity contribution >= 4 is 22.7 Å². The summed E-state index contributed by atoms with van der Waals surface area (Å²) >= 11 is 0. The number of hydrogen-bond acceptors (Lipinski definition) is 4. The monoisotopic (exact) mass is 336 g/mol. The lowest BCUT2D eigenvalue weighted by molar-refractivity contribution is -0.147. The Morgan fingerprint density at radius 3 is 2.80 bits per heavy atom. The number of para-hydroxylation sites is 1. The van der Waals surface area contributed by atoms with Crippen molar-refractivity contribution < 1.29 is 14.3 Å². The molecule has 0 unspecified atom stereocenters. The lowest BCUT2D eigenvalue weighted by atomic mass is 9.75. The predicted molar refractivity (Wildman–Crippen MR) is 93.0 cm³/mol. The molecule has 5 heteroatoms. The summed E-state index contributed by atoms with van der Waals surface area (Å²) in [4.78, 5) is 27.3. The maximum Gasteiger partial charge on any atom is 0.329 e. The first-order valence-electron chi connectivity index (χ1n) is 8.79. The normalized spacial score (nSPS) is 26.4. The molecular weight excluding hydrogens is 316 g/mol. The first-order chi connectivity index (χ1) is 12.1. The Bertz CT molecular complexity index is 955. The number of esters is 1. The van der Waals surface area contributed by atoms with Crippen molar-refractivity contribution in [1.29, 1.82) is 0 Å². The Kier molecular flexibility index (Phi) is 2.94. The van der Waals surface area contributed by atoms with Gasteiger partial charge in [0.2, 0.25) is 0 Å². The van der Waals surface area contributed by atoms with Crippen LogP contribution in [0.5, 0.6) is 0 Å². The van der Waals surface area contributed by atoms with Crippen LogP contribution in [0.1, 0.15) is 36.7 Å². The number of nitrogens with zero attached hydrogens (tertiary/aromatic N) is 2. The first kappa shape index (κ1) is 14.8. The molecule has 5 nitrogen and oxygen atoms in total. The number of carbonyl (C=O) groups excluding carboxylic acids is 2. The van der Waals surface area contributed by atoms with Gasteiger partial charge in [0.1, 0.15) is 6.04 Å². The van der Waals surface area contributed by atoms with Crippen LogP contribution in [0.15, 0.2) is 36.0 Å². The standard InChI is InChI=1S/C20H20N2O3/c1-11(23)15-10-21-8-7-13-12-5-3-4-6-16(12)22-18(13)17(21)9-14(15)19(22)20(24)25-2/h3-6,10,14,17,19H,7-9H2,1-2H3/t14-,17-,19-/m0/s1. The molecule has 0 spiro atoms. The van der Waals surface area contributed by atoms with Gasteiger partial charge in [0, 0.05) is 40.8 Å². The summed E-state index contributed by atoms with van der Waals surface area (Å²) < 4.78 is 7.32. The molecule has 0 amide bonds. The topological polar surface area (TPSA) is 51.5 Å². The number of rotatable bonds is 2. The number of methoxy groups -OCH3 is 1. The van der Waals surface area contributed by atoms with E-state index in [9.17, 15) is 9.59 Å². The molecule has 3 aliphatic rings. The highest BCUT2D eigenvalue weighted by Gasteiger charge is 2.49. The molecule has 0 saturated carbocycles. The number of allylic oxidation sites excluding steroid dienone is 1. The maximum atomic E-state index is 12.8. The molecule has 5 rings (SSSR count). The molecule has 4 heterocycles. The van der Waals surface area contributed by atoms with E-state index in [1.54, 1.807) is 6.92 Å². The number of ether oxygens (including phenoxy) is 1. The minimum Gasteiger partial charge on any atom is -0.467 e. The lowest BCUT2D eigenvalue weighted by Gasteiger charge is -2.48. The highest BCUT2D eigenvalue weighted by Crippen LogP contribution is 2.52. The smallest absolute Gasteiger partial charge is 0.329 e. The number of carbonyl (C=O) groups is 2. The number of Topliss-reactive ketones (excluding diaryl/α,β-unsaturated/α-hetero) is 1. The summed E-state index contributed by atoms with van der Waals surface area (Å²) in [6, 6.07) is 8.05. The van der Waals surface area contributed by atoms with E-state index < -0.39 is 6.04 Å². The summed E-state index contributed by atoms with van der Waals surface area (Å²) in [5.74, 6) is -0.346. The van der Waals surface area contributed by atoms with Crippen LogP contribution < -0.4 is 0 Å². The van der Waals surface area contributed by atoms with Crippen LogP contribution in [-0.2, 0) is 20.7 Å². The van der Waals surface area contributed by atoms with Gasteiger partial charge in [-0.25, -0.2) is 4.79 Å². The van der Waals surface area contributed by atoms with Crippen LogP contribution in [0.25, 0.3) is 10.9 Å². The van der Waals surface area contributed by atoms with Crippen molar-refractivity contribution in [3.05, 3.63) is 47.3 Å². The third-order valence-corrected chi connectivity index (χ3v) is 6.08. The summed E-state index contributed by atoms with van der Waals surface area (Å²) in [7, 11) is 1.43. The van der Waals surface area contributed by atoms with Gasteiger partial charge in [0.05, 0.1) is 13.2 Å². The number of hydrogen-bond donors (Lipinski definition) is 0. The fourth-order valence-corrected chi connectivity index (χ4v) is 5.09. The highest BCUT2D eigenvalue weighted by atomic mass is 16.5. The Morgan fingerprint density at radius 2 is 2.04 bits per heavy atom. The molecule has 0 radical (unpaired) electrons. The van der Waals surface area contributed by atoms with E-state index >= 15 is 0 Å². The average Bonchev–Trinajstić information content (AvgIpc) is 2.96. The van der Waals surface area contributed by atoms with Crippen LogP contribution in [0.3, 0.4) is 0 Å². The van der Waals surface area contributed by atoms with Crippen LogP contribution in [0.2, 0.25) is 0 Å². The lowest BCUT2D eigenvalue weighted by Crippen LogP contribution is -2.47. The van der Waals surface area contributed by atoms with Crippen molar-refractivity contribution in [2.75, 3.05) is 13.7 Å². The summed E-state index contributed by atoms with van der Waals surface area (Å²) in [6.07, 6.45) is 3.73. The molecule has 0 saturated heterocycles. The minimum atomic E-state index is -0.467. The van der Waals surface area contributed by atoms with E-state index in [4.69, 9.17) is 4.74 Å². The van der Waals surface area contributed by atoms with Crippen molar-refractivity contribution in [3.63, 3.8) is 0 Å². The maximum absolute atomic E-state index is 12.8.